The maximum absolute atomic E-state index is 12.7. The van der Waals surface area contributed by atoms with Crippen LogP contribution >= 0.6 is 11.8 Å². The number of rotatable bonds is 5. The first-order valence-electron chi connectivity index (χ1n) is 7.72. The lowest BCUT2D eigenvalue weighted by atomic mass is 9.82. The zero-order valence-corrected chi connectivity index (χ0v) is 13.4. The van der Waals surface area contributed by atoms with Crippen LogP contribution in [0.2, 0.25) is 0 Å². The minimum atomic E-state index is -0.270. The van der Waals surface area contributed by atoms with Crippen LogP contribution in [-0.2, 0) is 9.59 Å². The van der Waals surface area contributed by atoms with Gasteiger partial charge in [0.05, 0.1) is 6.54 Å². The van der Waals surface area contributed by atoms with E-state index in [9.17, 15) is 9.59 Å². The second-order valence-corrected chi connectivity index (χ2v) is 7.03. The molecule has 4 nitrogen and oxygen atoms in total. The van der Waals surface area contributed by atoms with Crippen LogP contribution in [0.15, 0.2) is 0 Å². The van der Waals surface area contributed by atoms with Crippen molar-refractivity contribution in [3.05, 3.63) is 0 Å². The van der Waals surface area contributed by atoms with Gasteiger partial charge in [-0.2, -0.15) is 11.8 Å². The second kappa shape index (κ2) is 7.34. The molecule has 1 aliphatic carbocycles. The third-order valence-corrected chi connectivity index (χ3v) is 5.22. The van der Waals surface area contributed by atoms with Gasteiger partial charge in [-0.15, -0.1) is 0 Å². The Kier molecular flexibility index (Phi) is 5.75. The zero-order valence-electron chi connectivity index (χ0n) is 12.6. The Labute approximate surface area is 126 Å². The van der Waals surface area contributed by atoms with E-state index in [2.05, 4.69) is 18.5 Å². The van der Waals surface area contributed by atoms with Gasteiger partial charge in [0.2, 0.25) is 11.8 Å². The van der Waals surface area contributed by atoms with E-state index in [0.29, 0.717) is 5.92 Å². The second-order valence-electron chi connectivity index (χ2n) is 6.04. The first-order valence-corrected chi connectivity index (χ1v) is 9.11. The molecule has 2 rings (SSSR count). The summed E-state index contributed by atoms with van der Waals surface area (Å²) in [5.41, 5.74) is 0. The molecule has 1 saturated heterocycles. The Hall–Kier alpha value is -0.710. The van der Waals surface area contributed by atoms with Gasteiger partial charge < -0.3 is 10.2 Å². The first-order chi connectivity index (χ1) is 9.63. The van der Waals surface area contributed by atoms with Crippen LogP contribution in [0.1, 0.15) is 45.4 Å². The topological polar surface area (TPSA) is 49.4 Å². The number of piperazine rings is 1. The summed E-state index contributed by atoms with van der Waals surface area (Å²) in [5, 5.41) is 2.94. The standard InChI is InChI=1S/C15H26N2O2S/c1-11(8-9-20-2)17-10-13(18)16-14(15(17)19)12-6-4-3-5-7-12/h11-12,14H,3-10H2,1-2H3,(H,16,18). The molecule has 2 atom stereocenters. The van der Waals surface area contributed by atoms with Crippen molar-refractivity contribution in [2.24, 2.45) is 5.92 Å². The molecule has 0 aromatic carbocycles. The predicted octanol–water partition coefficient (Wildman–Crippen LogP) is 2.04. The fourth-order valence-corrected chi connectivity index (χ4v) is 3.87. The van der Waals surface area contributed by atoms with E-state index in [4.69, 9.17) is 0 Å². The lowest BCUT2D eigenvalue weighted by Crippen LogP contribution is -2.62. The van der Waals surface area contributed by atoms with Crippen molar-refractivity contribution in [3.63, 3.8) is 0 Å². The van der Waals surface area contributed by atoms with Crippen molar-refractivity contribution in [1.29, 1.82) is 0 Å². The Morgan fingerprint density at radius 2 is 2.00 bits per heavy atom. The Balaban J connectivity index is 2.02. The molecular formula is C15H26N2O2S. The molecule has 0 bridgehead atoms. The molecule has 1 N–H and O–H groups in total. The van der Waals surface area contributed by atoms with Crippen molar-refractivity contribution < 1.29 is 9.59 Å². The third kappa shape index (κ3) is 3.68. The van der Waals surface area contributed by atoms with Gasteiger partial charge in [0, 0.05) is 6.04 Å². The van der Waals surface area contributed by atoms with E-state index in [0.717, 1.165) is 25.0 Å². The smallest absolute Gasteiger partial charge is 0.246 e. The highest BCUT2D eigenvalue weighted by molar-refractivity contribution is 7.98. The quantitative estimate of drug-likeness (QED) is 0.845. The van der Waals surface area contributed by atoms with Crippen molar-refractivity contribution in [3.8, 4) is 0 Å². The highest BCUT2D eigenvalue weighted by Gasteiger charge is 2.39. The van der Waals surface area contributed by atoms with Crippen LogP contribution in [0, 0.1) is 5.92 Å². The normalized spacial score (nSPS) is 26.5. The van der Waals surface area contributed by atoms with Gasteiger partial charge in [-0.3, -0.25) is 9.59 Å². The molecule has 5 heteroatoms. The monoisotopic (exact) mass is 298 g/mol. The number of hydrogen-bond acceptors (Lipinski definition) is 3. The first kappa shape index (κ1) is 15.7. The summed E-state index contributed by atoms with van der Waals surface area (Å²) in [7, 11) is 0. The van der Waals surface area contributed by atoms with Crippen LogP contribution in [-0.4, -0.2) is 47.4 Å². The average Bonchev–Trinajstić information content (AvgIpc) is 2.47. The lowest BCUT2D eigenvalue weighted by molar-refractivity contribution is -0.148. The number of nitrogens with zero attached hydrogens (tertiary/aromatic N) is 1. The van der Waals surface area contributed by atoms with Gasteiger partial charge in [-0.25, -0.2) is 0 Å². The molecule has 2 amide bonds. The van der Waals surface area contributed by atoms with Crippen LogP contribution in [0.3, 0.4) is 0 Å². The van der Waals surface area contributed by atoms with E-state index < -0.39 is 0 Å². The van der Waals surface area contributed by atoms with Gasteiger partial charge in [0.1, 0.15) is 6.04 Å². The summed E-state index contributed by atoms with van der Waals surface area (Å²) in [6.07, 6.45) is 8.81. The average molecular weight is 298 g/mol. The van der Waals surface area contributed by atoms with Crippen LogP contribution in [0.4, 0.5) is 0 Å². The van der Waals surface area contributed by atoms with Gasteiger partial charge in [-0.1, -0.05) is 19.3 Å². The maximum Gasteiger partial charge on any atom is 0.246 e. The number of hydrogen-bond donors (Lipinski definition) is 1. The summed E-state index contributed by atoms with van der Waals surface area (Å²) < 4.78 is 0. The highest BCUT2D eigenvalue weighted by atomic mass is 32.2. The van der Waals surface area contributed by atoms with Gasteiger partial charge in [0.25, 0.3) is 0 Å². The fraction of sp³-hybridized carbons (Fsp3) is 0.867. The van der Waals surface area contributed by atoms with E-state index >= 15 is 0 Å². The maximum atomic E-state index is 12.7. The molecular weight excluding hydrogens is 272 g/mol. The fourth-order valence-electron chi connectivity index (χ4n) is 3.30. The molecule has 0 aromatic heterocycles. The molecule has 0 radical (unpaired) electrons. The summed E-state index contributed by atoms with van der Waals surface area (Å²) >= 11 is 1.79. The predicted molar refractivity (Wildman–Crippen MR) is 82.7 cm³/mol. The summed E-state index contributed by atoms with van der Waals surface area (Å²) in [5.74, 6) is 1.53. The van der Waals surface area contributed by atoms with Crippen molar-refractivity contribution >= 4 is 23.6 Å². The molecule has 1 aliphatic heterocycles. The number of carbonyl (C=O) groups is 2. The summed E-state index contributed by atoms with van der Waals surface area (Å²) in [4.78, 5) is 26.4. The summed E-state index contributed by atoms with van der Waals surface area (Å²) in [6, 6.07) is -0.111. The van der Waals surface area contributed by atoms with Crippen molar-refractivity contribution in [1.82, 2.24) is 10.2 Å². The molecule has 2 fully saturated rings. The summed E-state index contributed by atoms with van der Waals surface area (Å²) in [6.45, 7) is 2.29. The number of carbonyl (C=O) groups excluding carboxylic acids is 2. The van der Waals surface area contributed by atoms with E-state index in [1.807, 2.05) is 0 Å². The number of nitrogens with one attached hydrogen (secondary N) is 1. The third-order valence-electron chi connectivity index (χ3n) is 4.57. The molecule has 0 aromatic rings. The van der Waals surface area contributed by atoms with E-state index in [1.165, 1.54) is 19.3 Å². The lowest BCUT2D eigenvalue weighted by Gasteiger charge is -2.40. The molecule has 114 valence electrons. The zero-order chi connectivity index (χ0) is 14.5. The van der Waals surface area contributed by atoms with Crippen LogP contribution in [0.5, 0.6) is 0 Å². The molecule has 2 aliphatic rings. The minimum Gasteiger partial charge on any atom is -0.342 e. The van der Waals surface area contributed by atoms with Crippen LogP contribution < -0.4 is 5.32 Å². The molecule has 2 unspecified atom stereocenters. The minimum absolute atomic E-state index is 0.0103. The van der Waals surface area contributed by atoms with Gasteiger partial charge in [0.15, 0.2) is 0 Å². The van der Waals surface area contributed by atoms with Crippen molar-refractivity contribution in [2.45, 2.75) is 57.5 Å². The SMILES string of the molecule is CSCCC(C)N1CC(=O)NC(C2CCCCC2)C1=O. The molecule has 1 heterocycles. The molecule has 0 spiro atoms. The van der Waals surface area contributed by atoms with E-state index in [1.54, 1.807) is 16.7 Å². The highest BCUT2D eigenvalue weighted by Crippen LogP contribution is 2.29. The van der Waals surface area contributed by atoms with Crippen molar-refractivity contribution in [2.75, 3.05) is 18.6 Å². The Morgan fingerprint density at radius 3 is 2.65 bits per heavy atom. The Morgan fingerprint density at radius 1 is 1.30 bits per heavy atom. The number of amides is 2. The van der Waals surface area contributed by atoms with Gasteiger partial charge in [-0.05, 0) is 44.1 Å². The van der Waals surface area contributed by atoms with E-state index in [-0.39, 0.29) is 30.4 Å². The Bertz CT molecular complexity index is 356. The number of thioether (sulfide) groups is 1. The molecule has 1 saturated carbocycles. The van der Waals surface area contributed by atoms with Gasteiger partial charge >= 0.3 is 0 Å². The largest absolute Gasteiger partial charge is 0.342 e. The molecule has 20 heavy (non-hydrogen) atoms. The van der Waals surface area contributed by atoms with Crippen LogP contribution in [0.25, 0.3) is 0 Å².